The number of unbranched alkanes of at least 4 members (excludes halogenated alkanes) is 1. The van der Waals surface area contributed by atoms with Crippen LogP contribution in [-0.4, -0.2) is 40.9 Å². The molecule has 2 aromatic rings. The van der Waals surface area contributed by atoms with E-state index in [4.69, 9.17) is 4.42 Å². The van der Waals surface area contributed by atoms with Crippen molar-refractivity contribution in [3.8, 4) is 0 Å². The van der Waals surface area contributed by atoms with Gasteiger partial charge < -0.3 is 9.32 Å². The number of hydrogen-bond donors (Lipinski definition) is 0. The monoisotopic (exact) mass is 347 g/mol. The Morgan fingerprint density at radius 1 is 1.21 bits per heavy atom. The topological polar surface area (TPSA) is 59.2 Å². The first-order valence-corrected chi connectivity index (χ1v) is 9.25. The molecule has 5 nitrogen and oxygen atoms in total. The summed E-state index contributed by atoms with van der Waals surface area (Å²) < 4.78 is 5.71. The minimum Gasteiger partial charge on any atom is -0.416 e. The average Bonchev–Trinajstić information content (AvgIpc) is 3.02. The zero-order valence-corrected chi connectivity index (χ0v) is 15.4. The van der Waals surface area contributed by atoms with Crippen molar-refractivity contribution < 1.29 is 9.21 Å². The van der Waals surface area contributed by atoms with Crippen molar-refractivity contribution in [3.63, 3.8) is 0 Å². The number of nitrogens with zero attached hydrogens (tertiary/aromatic N) is 3. The van der Waals surface area contributed by atoms with Crippen LogP contribution in [0.15, 0.2) is 40.0 Å². The minimum absolute atomic E-state index is 0.176. The second kappa shape index (κ2) is 9.47. The summed E-state index contributed by atoms with van der Waals surface area (Å²) in [7, 11) is 3.57. The summed E-state index contributed by atoms with van der Waals surface area (Å²) in [6.07, 6.45) is 3.19. The van der Waals surface area contributed by atoms with E-state index in [1.54, 1.807) is 30.8 Å². The highest BCUT2D eigenvalue weighted by Crippen LogP contribution is 2.23. The summed E-state index contributed by atoms with van der Waals surface area (Å²) in [6.45, 7) is 2.16. The fourth-order valence-electron chi connectivity index (χ4n) is 2.30. The van der Waals surface area contributed by atoms with E-state index in [1.807, 2.05) is 18.2 Å². The molecule has 1 aromatic carbocycles. The molecule has 0 bridgehead atoms. The molecular formula is C18H25N3O2S. The second-order valence-corrected chi connectivity index (χ2v) is 7.12. The van der Waals surface area contributed by atoms with Gasteiger partial charge in [-0.1, -0.05) is 49.0 Å². The summed E-state index contributed by atoms with van der Waals surface area (Å²) in [5.74, 6) is 2.09. The molecule has 0 N–H and O–H groups in total. The van der Waals surface area contributed by atoms with Crippen molar-refractivity contribution >= 4 is 17.7 Å². The molecule has 0 aliphatic carbocycles. The van der Waals surface area contributed by atoms with Crippen LogP contribution >= 0.6 is 11.8 Å². The Kier molecular flexibility index (Phi) is 7.31. The predicted molar refractivity (Wildman–Crippen MR) is 96.1 cm³/mol. The third-order valence-corrected chi connectivity index (χ3v) is 4.71. The van der Waals surface area contributed by atoms with Gasteiger partial charge in [-0.3, -0.25) is 4.79 Å². The number of benzene rings is 1. The Balaban J connectivity index is 1.70. The van der Waals surface area contributed by atoms with Gasteiger partial charge in [-0.05, 0) is 24.3 Å². The number of amides is 1. The Labute approximate surface area is 147 Å². The fraction of sp³-hybridized carbons (Fsp3) is 0.500. The molecule has 0 spiro atoms. The van der Waals surface area contributed by atoms with Crippen LogP contribution in [0.1, 0.15) is 43.6 Å². The lowest BCUT2D eigenvalue weighted by Crippen LogP contribution is -2.21. The van der Waals surface area contributed by atoms with Crippen LogP contribution < -0.4 is 0 Å². The summed E-state index contributed by atoms with van der Waals surface area (Å²) in [6, 6.07) is 10.3. The van der Waals surface area contributed by atoms with Crippen LogP contribution in [0, 0.1) is 0 Å². The molecule has 1 aromatic heterocycles. The Hall–Kier alpha value is -1.82. The first-order valence-electron chi connectivity index (χ1n) is 8.26. The van der Waals surface area contributed by atoms with Crippen LogP contribution in [0.25, 0.3) is 0 Å². The number of thioether (sulfide) groups is 1. The van der Waals surface area contributed by atoms with Gasteiger partial charge in [0.2, 0.25) is 11.8 Å². The van der Waals surface area contributed by atoms with E-state index in [-0.39, 0.29) is 5.91 Å². The van der Waals surface area contributed by atoms with E-state index in [1.165, 1.54) is 5.56 Å². The molecule has 1 atom stereocenters. The van der Waals surface area contributed by atoms with Gasteiger partial charge in [0.15, 0.2) is 0 Å². The molecule has 130 valence electrons. The molecule has 0 saturated carbocycles. The maximum atomic E-state index is 11.5. The Morgan fingerprint density at radius 3 is 2.67 bits per heavy atom. The summed E-state index contributed by atoms with van der Waals surface area (Å²) in [4.78, 5) is 13.1. The number of rotatable bonds is 9. The third kappa shape index (κ3) is 6.00. The highest BCUT2D eigenvalue weighted by atomic mass is 32.2. The first kappa shape index (κ1) is 18.5. The van der Waals surface area contributed by atoms with Crippen molar-refractivity contribution in [2.24, 2.45) is 0 Å². The smallest absolute Gasteiger partial charge is 0.276 e. The van der Waals surface area contributed by atoms with Gasteiger partial charge >= 0.3 is 0 Å². The second-order valence-electron chi connectivity index (χ2n) is 6.07. The molecule has 2 rings (SSSR count). The Bertz CT molecular complexity index is 628. The normalized spacial score (nSPS) is 12.1. The standard InChI is InChI=1S/C18H25N3O2S/c1-14(15-9-5-4-6-10-15)13-16-19-20-18(23-16)24-12-8-7-11-17(22)21(2)3/h4-6,9-10,14H,7-8,11-13H2,1-3H3. The molecule has 0 fully saturated rings. The fourth-order valence-corrected chi connectivity index (χ4v) is 3.08. The molecule has 24 heavy (non-hydrogen) atoms. The van der Waals surface area contributed by atoms with Crippen molar-refractivity contribution in [3.05, 3.63) is 41.8 Å². The SMILES string of the molecule is CC(Cc1nnc(SCCCCC(=O)N(C)C)o1)c1ccccc1. The summed E-state index contributed by atoms with van der Waals surface area (Å²) in [5, 5.41) is 8.84. The Morgan fingerprint density at radius 2 is 1.96 bits per heavy atom. The van der Waals surface area contributed by atoms with E-state index in [0.717, 1.165) is 25.0 Å². The van der Waals surface area contributed by atoms with Gasteiger partial charge in [0.25, 0.3) is 5.22 Å². The van der Waals surface area contributed by atoms with E-state index in [0.29, 0.717) is 23.5 Å². The lowest BCUT2D eigenvalue weighted by atomic mass is 9.98. The lowest BCUT2D eigenvalue weighted by molar-refractivity contribution is -0.128. The maximum absolute atomic E-state index is 11.5. The molecule has 6 heteroatoms. The summed E-state index contributed by atoms with van der Waals surface area (Å²) in [5.41, 5.74) is 1.27. The van der Waals surface area contributed by atoms with Crippen molar-refractivity contribution in [1.82, 2.24) is 15.1 Å². The molecule has 0 aliphatic heterocycles. The zero-order chi connectivity index (χ0) is 17.4. The van der Waals surface area contributed by atoms with Gasteiger partial charge in [0.05, 0.1) is 0 Å². The average molecular weight is 347 g/mol. The van der Waals surface area contributed by atoms with Crippen LogP contribution in [0.4, 0.5) is 0 Å². The third-order valence-electron chi connectivity index (χ3n) is 3.81. The molecule has 0 aliphatic rings. The van der Waals surface area contributed by atoms with Crippen LogP contribution in [-0.2, 0) is 11.2 Å². The number of carbonyl (C=O) groups excluding carboxylic acids is 1. The van der Waals surface area contributed by atoms with Gasteiger partial charge in [-0.2, -0.15) is 0 Å². The molecular weight excluding hydrogens is 322 g/mol. The highest BCUT2D eigenvalue weighted by Gasteiger charge is 2.12. The zero-order valence-electron chi connectivity index (χ0n) is 14.6. The maximum Gasteiger partial charge on any atom is 0.276 e. The molecule has 1 unspecified atom stereocenters. The van der Waals surface area contributed by atoms with Crippen LogP contribution in [0.3, 0.4) is 0 Å². The van der Waals surface area contributed by atoms with Gasteiger partial charge in [-0.15, -0.1) is 10.2 Å². The van der Waals surface area contributed by atoms with Crippen LogP contribution in [0.2, 0.25) is 0 Å². The quantitative estimate of drug-likeness (QED) is 0.510. The van der Waals surface area contributed by atoms with Gasteiger partial charge in [0.1, 0.15) is 0 Å². The number of aromatic nitrogens is 2. The minimum atomic E-state index is 0.176. The highest BCUT2D eigenvalue weighted by molar-refractivity contribution is 7.99. The molecule has 0 radical (unpaired) electrons. The van der Waals surface area contributed by atoms with E-state index in [9.17, 15) is 4.79 Å². The predicted octanol–water partition coefficient (Wildman–Crippen LogP) is 3.77. The van der Waals surface area contributed by atoms with E-state index in [2.05, 4.69) is 29.3 Å². The van der Waals surface area contributed by atoms with E-state index >= 15 is 0 Å². The van der Waals surface area contributed by atoms with E-state index < -0.39 is 0 Å². The van der Waals surface area contributed by atoms with Crippen LogP contribution in [0.5, 0.6) is 0 Å². The molecule has 1 amide bonds. The van der Waals surface area contributed by atoms with Crippen molar-refractivity contribution in [2.75, 3.05) is 19.8 Å². The van der Waals surface area contributed by atoms with Gasteiger partial charge in [0, 0.05) is 32.7 Å². The summed E-state index contributed by atoms with van der Waals surface area (Å²) >= 11 is 1.56. The largest absolute Gasteiger partial charge is 0.416 e. The molecule has 0 saturated heterocycles. The van der Waals surface area contributed by atoms with Crippen molar-refractivity contribution in [2.45, 2.75) is 43.7 Å². The van der Waals surface area contributed by atoms with Gasteiger partial charge in [-0.25, -0.2) is 0 Å². The number of carbonyl (C=O) groups is 1. The lowest BCUT2D eigenvalue weighted by Gasteiger charge is -2.09. The first-order chi connectivity index (χ1) is 11.6. The van der Waals surface area contributed by atoms with Crippen molar-refractivity contribution in [1.29, 1.82) is 0 Å². The number of hydrogen-bond acceptors (Lipinski definition) is 5. The molecule has 1 heterocycles.